The van der Waals surface area contributed by atoms with Crippen LogP contribution in [0.2, 0.25) is 11.6 Å². The first-order chi connectivity index (χ1) is 8.95. The third kappa shape index (κ3) is 5.78. The van der Waals surface area contributed by atoms with Crippen molar-refractivity contribution in [3.05, 3.63) is 0 Å². The Balaban J connectivity index is 0.000000202. The first-order valence-corrected chi connectivity index (χ1v) is 8.38. The molecule has 0 aromatic heterocycles. The van der Waals surface area contributed by atoms with Crippen LogP contribution in [0.1, 0.15) is 77.0 Å². The predicted octanol–water partition coefficient (Wildman–Crippen LogP) is 4.99. The molecule has 0 aromatic carbocycles. The third-order valence-corrected chi connectivity index (χ3v) is 4.67. The lowest BCUT2D eigenvalue weighted by molar-refractivity contribution is 0.198. The van der Waals surface area contributed by atoms with Crippen molar-refractivity contribution in [2.75, 3.05) is 13.2 Å². The monoisotopic (exact) mass is 249 g/mol. The van der Waals surface area contributed by atoms with Gasteiger partial charge < -0.3 is 4.74 Å². The molecule has 0 spiro atoms. The molecule has 2 aliphatic carbocycles. The smallest absolute Gasteiger partial charge is 0.117 e. The van der Waals surface area contributed by atoms with Crippen molar-refractivity contribution >= 4 is 7.28 Å². The van der Waals surface area contributed by atoms with Crippen LogP contribution in [0, 0.1) is 0 Å². The zero-order valence-corrected chi connectivity index (χ0v) is 12.0. The van der Waals surface area contributed by atoms with Gasteiger partial charge in [-0.1, -0.05) is 75.8 Å². The van der Waals surface area contributed by atoms with Gasteiger partial charge in [0.05, 0.1) is 0 Å². The molecule has 0 bridgehead atoms. The van der Waals surface area contributed by atoms with Gasteiger partial charge >= 0.3 is 0 Å². The number of ether oxygens (including phenoxy) is 1. The van der Waals surface area contributed by atoms with Gasteiger partial charge in [0.2, 0.25) is 0 Å². The van der Waals surface area contributed by atoms with Gasteiger partial charge in [0.25, 0.3) is 0 Å². The van der Waals surface area contributed by atoms with E-state index in [9.17, 15) is 0 Å². The molecule has 1 nitrogen and oxygen atoms in total. The summed E-state index contributed by atoms with van der Waals surface area (Å²) in [5.41, 5.74) is 0. The van der Waals surface area contributed by atoms with Crippen LogP contribution >= 0.6 is 0 Å². The molecule has 2 saturated carbocycles. The average molecular weight is 249 g/mol. The molecule has 0 atom stereocenters. The molecule has 103 valence electrons. The Morgan fingerprint density at radius 1 is 0.556 bits per heavy atom. The topological polar surface area (TPSA) is 9.23 Å². The summed E-state index contributed by atoms with van der Waals surface area (Å²) < 4.78 is 4.94. The van der Waals surface area contributed by atoms with E-state index in [-0.39, 0.29) is 0 Å². The zero-order chi connectivity index (χ0) is 12.5. The van der Waals surface area contributed by atoms with Crippen LogP contribution in [-0.4, -0.2) is 20.5 Å². The highest BCUT2D eigenvalue weighted by Gasteiger charge is 2.21. The van der Waals surface area contributed by atoms with Crippen LogP contribution in [-0.2, 0) is 4.74 Å². The summed E-state index contributed by atoms with van der Waals surface area (Å²) >= 11 is 0. The van der Waals surface area contributed by atoms with Crippen LogP contribution in [0.15, 0.2) is 0 Å². The van der Waals surface area contributed by atoms with E-state index in [1.165, 1.54) is 77.0 Å². The van der Waals surface area contributed by atoms with E-state index in [1.54, 1.807) is 0 Å². The molecule has 3 rings (SSSR count). The summed E-state index contributed by atoms with van der Waals surface area (Å²) in [7, 11) is 2.72. The Bertz CT molecular complexity index is 168. The Labute approximate surface area is 114 Å². The van der Waals surface area contributed by atoms with Crippen LogP contribution in [0.3, 0.4) is 0 Å². The highest BCUT2D eigenvalue weighted by Crippen LogP contribution is 2.36. The highest BCUT2D eigenvalue weighted by atomic mass is 16.5. The molecule has 1 saturated heterocycles. The van der Waals surface area contributed by atoms with Crippen LogP contribution in [0.4, 0.5) is 0 Å². The molecule has 1 aliphatic heterocycles. The molecule has 0 unspecified atom stereocenters. The highest BCUT2D eigenvalue weighted by molar-refractivity contribution is 6.39. The molecule has 3 fully saturated rings. The number of rotatable bonds is 2. The fourth-order valence-corrected chi connectivity index (χ4v) is 3.55. The number of hydrogen-bond donors (Lipinski definition) is 0. The fraction of sp³-hybridized carbons (Fsp3) is 1.00. The van der Waals surface area contributed by atoms with Crippen LogP contribution in [0.25, 0.3) is 0 Å². The molecule has 1 heterocycles. The van der Waals surface area contributed by atoms with Crippen molar-refractivity contribution in [1.29, 1.82) is 0 Å². The third-order valence-electron chi connectivity index (χ3n) is 4.67. The molecular formula is C16H30BO. The number of hydrogen-bond acceptors (Lipinski definition) is 1. The Morgan fingerprint density at radius 2 is 1.00 bits per heavy atom. The van der Waals surface area contributed by atoms with Gasteiger partial charge in [0.15, 0.2) is 0 Å². The van der Waals surface area contributed by atoms with E-state index in [2.05, 4.69) is 7.28 Å². The first kappa shape index (κ1) is 14.4. The van der Waals surface area contributed by atoms with Gasteiger partial charge in [-0.25, -0.2) is 0 Å². The van der Waals surface area contributed by atoms with Crippen LogP contribution < -0.4 is 0 Å². The van der Waals surface area contributed by atoms with E-state index in [0.717, 1.165) is 24.8 Å². The summed E-state index contributed by atoms with van der Waals surface area (Å²) in [5, 5.41) is 0. The summed E-state index contributed by atoms with van der Waals surface area (Å²) in [6.45, 7) is 2.00. The normalized spacial score (nSPS) is 26.4. The summed E-state index contributed by atoms with van der Waals surface area (Å²) in [6.07, 6.45) is 17.5. The Hall–Kier alpha value is 0.0249. The van der Waals surface area contributed by atoms with E-state index in [1.807, 2.05) is 0 Å². The molecular weight excluding hydrogens is 219 g/mol. The van der Waals surface area contributed by atoms with Crippen molar-refractivity contribution < 1.29 is 4.74 Å². The van der Waals surface area contributed by atoms with Crippen molar-refractivity contribution in [3.8, 4) is 0 Å². The fourth-order valence-electron chi connectivity index (χ4n) is 3.55. The minimum atomic E-state index is 0.997. The molecule has 1 radical (unpaired) electrons. The maximum atomic E-state index is 4.94. The maximum absolute atomic E-state index is 4.94. The molecule has 3 aliphatic rings. The Morgan fingerprint density at radius 3 is 1.33 bits per heavy atom. The lowest BCUT2D eigenvalue weighted by atomic mass is 9.48. The summed E-state index contributed by atoms with van der Waals surface area (Å²) in [6, 6.07) is 0. The van der Waals surface area contributed by atoms with Crippen molar-refractivity contribution in [3.63, 3.8) is 0 Å². The van der Waals surface area contributed by atoms with E-state index in [0.29, 0.717) is 0 Å². The molecule has 0 aromatic rings. The largest absolute Gasteiger partial charge is 0.381 e. The zero-order valence-electron chi connectivity index (χ0n) is 12.0. The quantitative estimate of drug-likeness (QED) is 0.626. The van der Waals surface area contributed by atoms with Crippen molar-refractivity contribution in [1.82, 2.24) is 0 Å². The maximum Gasteiger partial charge on any atom is 0.117 e. The molecule has 0 amide bonds. The van der Waals surface area contributed by atoms with E-state index in [4.69, 9.17) is 4.74 Å². The van der Waals surface area contributed by atoms with Gasteiger partial charge in [0.1, 0.15) is 7.28 Å². The van der Waals surface area contributed by atoms with E-state index >= 15 is 0 Å². The minimum absolute atomic E-state index is 0.997. The first-order valence-electron chi connectivity index (χ1n) is 8.38. The van der Waals surface area contributed by atoms with Gasteiger partial charge in [0, 0.05) is 13.2 Å². The minimum Gasteiger partial charge on any atom is -0.381 e. The lowest BCUT2D eigenvalue weighted by Gasteiger charge is -2.27. The molecule has 2 heteroatoms. The average Bonchev–Trinajstić information content (AvgIpc) is 3.00. The second-order valence-electron chi connectivity index (χ2n) is 6.31. The van der Waals surface area contributed by atoms with Gasteiger partial charge in [-0.2, -0.15) is 0 Å². The summed E-state index contributed by atoms with van der Waals surface area (Å²) in [5.74, 6) is 1.99. The Kier molecular flexibility index (Phi) is 7.23. The standard InChI is InChI=1S/C12H22B.C4H8O/c1-3-7-11(8-4-1)13-12-9-5-2-6-10-12;1-2-4-5-3-1/h11-12H,1-10H2;1-4H2. The van der Waals surface area contributed by atoms with Gasteiger partial charge in [-0.05, 0) is 12.8 Å². The van der Waals surface area contributed by atoms with Crippen molar-refractivity contribution in [2.24, 2.45) is 0 Å². The van der Waals surface area contributed by atoms with Gasteiger partial charge in [-0.15, -0.1) is 0 Å². The summed E-state index contributed by atoms with van der Waals surface area (Å²) in [4.78, 5) is 0. The molecule has 18 heavy (non-hydrogen) atoms. The van der Waals surface area contributed by atoms with Gasteiger partial charge in [-0.3, -0.25) is 0 Å². The SMILES string of the molecule is C1CCOC1.[B](C1CCCCC1)C1CCCCC1. The molecule has 0 N–H and O–H groups in total. The second-order valence-corrected chi connectivity index (χ2v) is 6.31. The van der Waals surface area contributed by atoms with Crippen molar-refractivity contribution in [2.45, 2.75) is 88.7 Å². The lowest BCUT2D eigenvalue weighted by Crippen LogP contribution is -2.16. The second kappa shape index (κ2) is 9.01. The predicted molar refractivity (Wildman–Crippen MR) is 79.5 cm³/mol. The van der Waals surface area contributed by atoms with Crippen LogP contribution in [0.5, 0.6) is 0 Å². The van der Waals surface area contributed by atoms with E-state index < -0.39 is 0 Å².